The lowest BCUT2D eigenvalue weighted by molar-refractivity contribution is -0.168. The second-order valence-corrected chi connectivity index (χ2v) is 5.81. The van der Waals surface area contributed by atoms with E-state index in [0.717, 1.165) is 12.0 Å². The average Bonchev–Trinajstić information content (AvgIpc) is 3.12. The molecule has 120 valence electrons. The Kier molecular flexibility index (Phi) is 4.98. The summed E-state index contributed by atoms with van der Waals surface area (Å²) in [5, 5.41) is 0. The molecule has 4 atom stereocenters. The summed E-state index contributed by atoms with van der Waals surface area (Å²) in [6.07, 6.45) is -0.00867. The first-order valence-corrected chi connectivity index (χ1v) is 7.97. The maximum atomic E-state index is 12.0. The number of nitrogens with zero attached hydrogens (tertiary/aromatic N) is 1. The van der Waals surface area contributed by atoms with Crippen molar-refractivity contribution in [2.24, 2.45) is 0 Å². The van der Waals surface area contributed by atoms with Gasteiger partial charge in [-0.1, -0.05) is 30.3 Å². The van der Waals surface area contributed by atoms with Crippen LogP contribution in [0.1, 0.15) is 12.0 Å². The van der Waals surface area contributed by atoms with E-state index in [9.17, 15) is 4.79 Å². The molecule has 0 spiro atoms. The largest absolute Gasteiger partial charge is 0.366 e. The molecule has 1 aromatic carbocycles. The van der Waals surface area contributed by atoms with Crippen LogP contribution in [-0.4, -0.2) is 54.9 Å². The van der Waals surface area contributed by atoms with Crippen LogP contribution in [0.2, 0.25) is 0 Å². The fourth-order valence-corrected chi connectivity index (χ4v) is 3.39. The minimum atomic E-state index is -0.454. The van der Waals surface area contributed by atoms with Crippen molar-refractivity contribution >= 4 is 17.5 Å². The van der Waals surface area contributed by atoms with E-state index in [4.69, 9.17) is 25.8 Å². The first-order chi connectivity index (χ1) is 10.7. The monoisotopic (exact) mass is 325 g/mol. The van der Waals surface area contributed by atoms with Gasteiger partial charge in [-0.15, -0.1) is 11.6 Å². The molecule has 2 aliphatic heterocycles. The fourth-order valence-electron chi connectivity index (χ4n) is 3.24. The summed E-state index contributed by atoms with van der Waals surface area (Å²) >= 11 is 5.71. The Morgan fingerprint density at radius 3 is 2.86 bits per heavy atom. The predicted octanol–water partition coefficient (Wildman–Crippen LogP) is 1.78. The number of carbonyl (C=O) groups is 1. The molecule has 6 heteroatoms. The lowest BCUT2D eigenvalue weighted by Gasteiger charge is -2.29. The Labute approximate surface area is 135 Å². The van der Waals surface area contributed by atoms with Crippen molar-refractivity contribution in [1.82, 2.24) is 4.90 Å². The minimum absolute atomic E-state index is 0.0216. The molecule has 0 radical (unpaired) electrons. The number of hydrogen-bond acceptors (Lipinski definition) is 4. The maximum absolute atomic E-state index is 12.0. The SMILES string of the molecule is CO[C@@H]1O[C@H]2CCN(C(=O)CCl)[C@H]2[C@H]1OCc1ccccc1. The summed E-state index contributed by atoms with van der Waals surface area (Å²) in [4.78, 5) is 13.8. The van der Waals surface area contributed by atoms with Gasteiger partial charge in [0.25, 0.3) is 0 Å². The first kappa shape index (κ1) is 15.7. The number of carbonyl (C=O) groups excluding carboxylic acids is 1. The number of halogens is 1. The Morgan fingerprint density at radius 2 is 2.18 bits per heavy atom. The molecule has 2 fully saturated rings. The van der Waals surface area contributed by atoms with Gasteiger partial charge in [-0.2, -0.15) is 0 Å². The Bertz CT molecular complexity index is 512. The average molecular weight is 326 g/mol. The van der Waals surface area contributed by atoms with E-state index in [2.05, 4.69) is 0 Å². The molecule has 0 bridgehead atoms. The van der Waals surface area contributed by atoms with Crippen LogP contribution in [0.4, 0.5) is 0 Å². The van der Waals surface area contributed by atoms with E-state index in [1.54, 1.807) is 12.0 Å². The molecule has 0 aromatic heterocycles. The second kappa shape index (κ2) is 6.96. The number of fused-ring (bicyclic) bond motifs is 1. The van der Waals surface area contributed by atoms with Crippen molar-refractivity contribution in [2.75, 3.05) is 19.5 Å². The van der Waals surface area contributed by atoms with Gasteiger partial charge in [-0.25, -0.2) is 0 Å². The van der Waals surface area contributed by atoms with Crippen LogP contribution in [0, 0.1) is 0 Å². The van der Waals surface area contributed by atoms with Crippen molar-refractivity contribution in [1.29, 1.82) is 0 Å². The van der Waals surface area contributed by atoms with Gasteiger partial charge in [0, 0.05) is 13.7 Å². The fraction of sp³-hybridized carbons (Fsp3) is 0.562. The van der Waals surface area contributed by atoms with Crippen molar-refractivity contribution in [2.45, 2.75) is 37.6 Å². The highest BCUT2D eigenvalue weighted by atomic mass is 35.5. The number of benzene rings is 1. The Balaban J connectivity index is 1.72. The highest BCUT2D eigenvalue weighted by Crippen LogP contribution is 2.35. The quantitative estimate of drug-likeness (QED) is 0.774. The second-order valence-electron chi connectivity index (χ2n) is 5.54. The number of hydrogen-bond donors (Lipinski definition) is 0. The van der Waals surface area contributed by atoms with E-state index in [1.807, 2.05) is 30.3 Å². The van der Waals surface area contributed by atoms with Crippen molar-refractivity contribution in [3.05, 3.63) is 35.9 Å². The zero-order valence-corrected chi connectivity index (χ0v) is 13.2. The molecule has 2 aliphatic rings. The van der Waals surface area contributed by atoms with Crippen LogP contribution in [-0.2, 0) is 25.6 Å². The predicted molar refractivity (Wildman–Crippen MR) is 81.5 cm³/mol. The third-order valence-electron chi connectivity index (χ3n) is 4.26. The summed E-state index contributed by atoms with van der Waals surface area (Å²) in [6.45, 7) is 1.11. The highest BCUT2D eigenvalue weighted by molar-refractivity contribution is 6.27. The number of methoxy groups -OCH3 is 1. The summed E-state index contributed by atoms with van der Waals surface area (Å²) in [5.41, 5.74) is 1.08. The lowest BCUT2D eigenvalue weighted by Crippen LogP contribution is -2.47. The molecule has 0 saturated carbocycles. The van der Waals surface area contributed by atoms with Crippen molar-refractivity contribution < 1.29 is 19.0 Å². The summed E-state index contributed by atoms with van der Waals surface area (Å²) in [7, 11) is 1.60. The third kappa shape index (κ3) is 2.99. The number of alkyl halides is 1. The van der Waals surface area contributed by atoms with Gasteiger partial charge < -0.3 is 19.1 Å². The van der Waals surface area contributed by atoms with Crippen LogP contribution in [0.3, 0.4) is 0 Å². The maximum Gasteiger partial charge on any atom is 0.237 e. The lowest BCUT2D eigenvalue weighted by atomic mass is 10.1. The number of likely N-dealkylation sites (tertiary alicyclic amines) is 1. The minimum Gasteiger partial charge on any atom is -0.366 e. The zero-order chi connectivity index (χ0) is 15.5. The van der Waals surface area contributed by atoms with Gasteiger partial charge in [0.2, 0.25) is 5.91 Å². The highest BCUT2D eigenvalue weighted by Gasteiger charge is 2.53. The Hall–Kier alpha value is -1.14. The van der Waals surface area contributed by atoms with Crippen LogP contribution in [0.25, 0.3) is 0 Å². The van der Waals surface area contributed by atoms with Crippen molar-refractivity contribution in [3.8, 4) is 0 Å². The number of ether oxygens (including phenoxy) is 3. The Morgan fingerprint density at radius 1 is 1.41 bits per heavy atom. The zero-order valence-electron chi connectivity index (χ0n) is 12.5. The molecule has 0 unspecified atom stereocenters. The molecular weight excluding hydrogens is 306 g/mol. The molecule has 22 heavy (non-hydrogen) atoms. The third-order valence-corrected chi connectivity index (χ3v) is 4.49. The summed E-state index contributed by atoms with van der Waals surface area (Å²) in [6, 6.07) is 9.80. The van der Waals surface area contributed by atoms with Crippen LogP contribution < -0.4 is 0 Å². The van der Waals surface area contributed by atoms with E-state index in [0.29, 0.717) is 13.2 Å². The van der Waals surface area contributed by atoms with Gasteiger partial charge in [-0.05, 0) is 12.0 Å². The van der Waals surface area contributed by atoms with E-state index in [1.165, 1.54) is 0 Å². The van der Waals surface area contributed by atoms with E-state index in [-0.39, 0.29) is 30.0 Å². The van der Waals surface area contributed by atoms with Gasteiger partial charge in [0.1, 0.15) is 12.0 Å². The van der Waals surface area contributed by atoms with E-state index >= 15 is 0 Å². The van der Waals surface area contributed by atoms with Crippen LogP contribution >= 0.6 is 11.6 Å². The summed E-state index contributed by atoms with van der Waals surface area (Å²) < 4.78 is 17.3. The standard InChI is InChI=1S/C16H20ClNO4/c1-20-16-15(21-10-11-5-3-2-4-6-11)14-12(22-16)7-8-18(14)13(19)9-17/h2-6,12,14-16H,7-10H2,1H3/t12-,14+,15+,16+/m0/s1. The van der Waals surface area contributed by atoms with Gasteiger partial charge in [-0.3, -0.25) is 4.79 Å². The van der Waals surface area contributed by atoms with Crippen LogP contribution in [0.15, 0.2) is 30.3 Å². The van der Waals surface area contributed by atoms with E-state index < -0.39 is 6.29 Å². The number of rotatable bonds is 5. The molecule has 5 nitrogen and oxygen atoms in total. The molecular formula is C16H20ClNO4. The molecule has 2 saturated heterocycles. The topological polar surface area (TPSA) is 48.0 Å². The van der Waals surface area contributed by atoms with Gasteiger partial charge in [0.05, 0.1) is 18.8 Å². The molecule has 1 amide bonds. The molecule has 0 aliphatic carbocycles. The van der Waals surface area contributed by atoms with Crippen LogP contribution in [0.5, 0.6) is 0 Å². The number of amides is 1. The molecule has 2 heterocycles. The molecule has 3 rings (SSSR count). The smallest absolute Gasteiger partial charge is 0.237 e. The van der Waals surface area contributed by atoms with Crippen molar-refractivity contribution in [3.63, 3.8) is 0 Å². The molecule has 0 N–H and O–H groups in total. The van der Waals surface area contributed by atoms with Gasteiger partial charge in [0.15, 0.2) is 6.29 Å². The normalized spacial score (nSPS) is 30.5. The first-order valence-electron chi connectivity index (χ1n) is 7.44. The molecule has 1 aromatic rings. The summed E-state index contributed by atoms with van der Waals surface area (Å²) in [5.74, 6) is -0.102. The van der Waals surface area contributed by atoms with Gasteiger partial charge >= 0.3 is 0 Å².